The lowest BCUT2D eigenvalue weighted by Gasteiger charge is -2.06. The van der Waals surface area contributed by atoms with Crippen LogP contribution in [-0.4, -0.2) is 25.7 Å². The monoisotopic (exact) mass is 170 g/mol. The summed E-state index contributed by atoms with van der Waals surface area (Å²) in [7, 11) is 0. The van der Waals surface area contributed by atoms with Gasteiger partial charge in [0.2, 0.25) is 0 Å². The molecule has 0 aromatic carbocycles. The van der Waals surface area contributed by atoms with E-state index in [1.807, 2.05) is 0 Å². The van der Waals surface area contributed by atoms with Gasteiger partial charge in [-0.1, -0.05) is 20.8 Å². The van der Waals surface area contributed by atoms with Crippen molar-refractivity contribution >= 4 is 0 Å². The molecule has 1 atom stereocenters. The molecule has 12 heavy (non-hydrogen) atoms. The van der Waals surface area contributed by atoms with E-state index in [2.05, 4.69) is 31.4 Å². The van der Waals surface area contributed by atoms with Crippen molar-refractivity contribution in [1.82, 2.24) is 10.6 Å². The molecule has 0 aliphatic heterocycles. The summed E-state index contributed by atoms with van der Waals surface area (Å²) < 4.78 is 0. The molecule has 1 aliphatic rings. The van der Waals surface area contributed by atoms with E-state index < -0.39 is 0 Å². The van der Waals surface area contributed by atoms with Crippen LogP contribution in [-0.2, 0) is 0 Å². The third kappa shape index (κ3) is 3.11. The maximum absolute atomic E-state index is 3.57. The Morgan fingerprint density at radius 2 is 2.00 bits per heavy atom. The molecule has 0 bridgehead atoms. The fourth-order valence-electron chi connectivity index (χ4n) is 1.48. The van der Waals surface area contributed by atoms with E-state index in [-0.39, 0.29) is 0 Å². The average Bonchev–Trinajstić information content (AvgIpc) is 2.59. The molecule has 2 heteroatoms. The lowest BCUT2D eigenvalue weighted by molar-refractivity contribution is 0.526. The molecule has 1 unspecified atom stereocenters. The normalized spacial score (nSPS) is 25.8. The molecule has 0 heterocycles. The second-order valence-electron chi connectivity index (χ2n) is 4.41. The fourth-order valence-corrected chi connectivity index (χ4v) is 1.48. The summed E-state index contributed by atoms with van der Waals surface area (Å²) >= 11 is 0. The predicted octanol–water partition coefficient (Wildman–Crippen LogP) is 1.37. The molecule has 1 saturated carbocycles. The van der Waals surface area contributed by atoms with Crippen LogP contribution in [0.5, 0.6) is 0 Å². The van der Waals surface area contributed by atoms with Gasteiger partial charge in [-0.25, -0.2) is 0 Å². The van der Waals surface area contributed by atoms with Crippen molar-refractivity contribution in [2.75, 3.05) is 19.6 Å². The van der Waals surface area contributed by atoms with Crippen molar-refractivity contribution in [3.8, 4) is 0 Å². The second-order valence-corrected chi connectivity index (χ2v) is 4.41. The molecule has 0 amide bonds. The molecule has 1 rings (SSSR count). The quantitative estimate of drug-likeness (QED) is 0.588. The lowest BCUT2D eigenvalue weighted by Crippen LogP contribution is -2.25. The zero-order valence-electron chi connectivity index (χ0n) is 8.61. The van der Waals surface area contributed by atoms with E-state index in [4.69, 9.17) is 0 Å². The van der Waals surface area contributed by atoms with Crippen LogP contribution in [0.3, 0.4) is 0 Å². The Balaban J connectivity index is 1.85. The number of hydrogen-bond acceptors (Lipinski definition) is 2. The van der Waals surface area contributed by atoms with Crippen LogP contribution in [0.4, 0.5) is 0 Å². The molecule has 1 aliphatic carbocycles. The summed E-state index contributed by atoms with van der Waals surface area (Å²) in [5, 5.41) is 6.89. The highest BCUT2D eigenvalue weighted by molar-refractivity contribution is 5.01. The molecule has 1 fully saturated rings. The van der Waals surface area contributed by atoms with E-state index in [1.165, 1.54) is 19.4 Å². The first-order chi connectivity index (χ1) is 5.67. The molecule has 0 aromatic rings. The van der Waals surface area contributed by atoms with Gasteiger partial charge in [0.15, 0.2) is 0 Å². The molecule has 0 saturated heterocycles. The topological polar surface area (TPSA) is 24.1 Å². The largest absolute Gasteiger partial charge is 0.317 e. The molecule has 0 aromatic heterocycles. The average molecular weight is 170 g/mol. The highest BCUT2D eigenvalue weighted by atomic mass is 15.0. The van der Waals surface area contributed by atoms with E-state index in [9.17, 15) is 0 Å². The van der Waals surface area contributed by atoms with E-state index in [0.29, 0.717) is 5.41 Å². The third-order valence-electron chi connectivity index (χ3n) is 2.68. The Kier molecular flexibility index (Phi) is 3.53. The van der Waals surface area contributed by atoms with Crippen LogP contribution >= 0.6 is 0 Å². The Hall–Kier alpha value is -0.0800. The molecule has 2 N–H and O–H groups in total. The van der Waals surface area contributed by atoms with Crippen molar-refractivity contribution in [3.63, 3.8) is 0 Å². The van der Waals surface area contributed by atoms with Crippen molar-refractivity contribution in [1.29, 1.82) is 0 Å². The van der Waals surface area contributed by atoms with Gasteiger partial charge in [0.1, 0.15) is 0 Å². The maximum atomic E-state index is 3.57. The van der Waals surface area contributed by atoms with Gasteiger partial charge in [-0.2, -0.15) is 0 Å². The summed E-state index contributed by atoms with van der Waals surface area (Å²) in [6.07, 6.45) is 2.61. The van der Waals surface area contributed by atoms with Crippen LogP contribution in [0, 0.1) is 5.41 Å². The first kappa shape index (κ1) is 10.0. The minimum atomic E-state index is 0.582. The first-order valence-corrected chi connectivity index (χ1v) is 5.11. The van der Waals surface area contributed by atoms with Crippen LogP contribution < -0.4 is 10.6 Å². The number of hydrogen-bond donors (Lipinski definition) is 2. The van der Waals surface area contributed by atoms with Gasteiger partial charge in [0.25, 0.3) is 0 Å². The summed E-state index contributed by atoms with van der Waals surface area (Å²) in [5.74, 6) is 0. The van der Waals surface area contributed by atoms with Gasteiger partial charge in [-0.05, 0) is 37.9 Å². The highest BCUT2D eigenvalue weighted by Gasteiger charge is 2.44. The van der Waals surface area contributed by atoms with Crippen molar-refractivity contribution in [2.45, 2.75) is 39.7 Å². The van der Waals surface area contributed by atoms with E-state index >= 15 is 0 Å². The van der Waals surface area contributed by atoms with Gasteiger partial charge in [-0.15, -0.1) is 0 Å². The second kappa shape index (κ2) is 4.24. The fraction of sp³-hybridized carbons (Fsp3) is 1.00. The SMILES string of the molecule is CCNCCCNC1CC1(C)C. The van der Waals surface area contributed by atoms with Crippen molar-refractivity contribution in [2.24, 2.45) is 5.41 Å². The van der Waals surface area contributed by atoms with Gasteiger partial charge in [-0.3, -0.25) is 0 Å². The Labute approximate surface area is 76.1 Å². The van der Waals surface area contributed by atoms with Gasteiger partial charge in [0.05, 0.1) is 0 Å². The van der Waals surface area contributed by atoms with Crippen molar-refractivity contribution in [3.05, 3.63) is 0 Å². The third-order valence-corrected chi connectivity index (χ3v) is 2.68. The Morgan fingerprint density at radius 3 is 2.50 bits per heavy atom. The molecule has 0 radical (unpaired) electrons. The minimum absolute atomic E-state index is 0.582. The first-order valence-electron chi connectivity index (χ1n) is 5.11. The molecule has 72 valence electrons. The Morgan fingerprint density at radius 1 is 1.33 bits per heavy atom. The molecular weight excluding hydrogens is 148 g/mol. The van der Waals surface area contributed by atoms with E-state index in [1.54, 1.807) is 0 Å². The van der Waals surface area contributed by atoms with Gasteiger partial charge in [0, 0.05) is 6.04 Å². The van der Waals surface area contributed by atoms with Crippen LogP contribution in [0.25, 0.3) is 0 Å². The summed E-state index contributed by atoms with van der Waals surface area (Å²) in [6.45, 7) is 10.2. The summed E-state index contributed by atoms with van der Waals surface area (Å²) in [4.78, 5) is 0. The van der Waals surface area contributed by atoms with Crippen LogP contribution in [0.15, 0.2) is 0 Å². The minimum Gasteiger partial charge on any atom is -0.317 e. The van der Waals surface area contributed by atoms with E-state index in [0.717, 1.165) is 19.1 Å². The van der Waals surface area contributed by atoms with Gasteiger partial charge >= 0.3 is 0 Å². The summed E-state index contributed by atoms with van der Waals surface area (Å²) in [6, 6.07) is 0.791. The smallest absolute Gasteiger partial charge is 0.0124 e. The number of nitrogens with one attached hydrogen (secondary N) is 2. The Bertz CT molecular complexity index is 132. The van der Waals surface area contributed by atoms with Crippen molar-refractivity contribution < 1.29 is 0 Å². The molecular formula is C10H22N2. The number of rotatable bonds is 6. The highest BCUT2D eigenvalue weighted by Crippen LogP contribution is 2.44. The molecule has 2 nitrogen and oxygen atoms in total. The van der Waals surface area contributed by atoms with Crippen LogP contribution in [0.1, 0.15) is 33.6 Å². The van der Waals surface area contributed by atoms with Crippen LogP contribution in [0.2, 0.25) is 0 Å². The molecule has 0 spiro atoms. The lowest BCUT2D eigenvalue weighted by atomic mass is 10.2. The van der Waals surface area contributed by atoms with Gasteiger partial charge < -0.3 is 10.6 Å². The standard InChI is InChI=1S/C10H22N2/c1-4-11-6-5-7-12-9-8-10(9,2)3/h9,11-12H,4-8H2,1-3H3. The summed E-state index contributed by atoms with van der Waals surface area (Å²) in [5.41, 5.74) is 0.582. The zero-order valence-corrected chi connectivity index (χ0v) is 8.61. The zero-order chi connectivity index (χ0) is 9.03. The maximum Gasteiger partial charge on any atom is 0.0124 e. The predicted molar refractivity (Wildman–Crippen MR) is 53.3 cm³/mol.